The third kappa shape index (κ3) is 6.52. The summed E-state index contributed by atoms with van der Waals surface area (Å²) in [4.78, 5) is 34.6. The maximum Gasteiger partial charge on any atom is 0.290 e. The standard InChI is InChI=1S/C18H23N3O2.CH2O2/c1-13-8-17(22)16(12-21(13)4)18(23)19-10-14-6-5-7-15(9-14)11-20(2)3;2-1-3/h5-9,12H,10-11H2,1-4H3,(H,19,23);1H,(H,2,3). The molecule has 0 bridgehead atoms. The largest absolute Gasteiger partial charge is 0.483 e. The van der Waals surface area contributed by atoms with Crippen molar-refractivity contribution in [2.75, 3.05) is 14.1 Å². The minimum Gasteiger partial charge on any atom is -0.483 e. The molecule has 2 aromatic rings. The van der Waals surface area contributed by atoms with Gasteiger partial charge >= 0.3 is 0 Å². The zero-order chi connectivity index (χ0) is 19.7. The second-order valence-corrected chi connectivity index (χ2v) is 6.15. The van der Waals surface area contributed by atoms with Crippen LogP contribution in [0.15, 0.2) is 41.3 Å². The number of nitrogens with zero attached hydrogens (tertiary/aromatic N) is 2. The molecule has 1 aromatic heterocycles. The normalized spacial score (nSPS) is 10.0. The van der Waals surface area contributed by atoms with Crippen LogP contribution in [0.3, 0.4) is 0 Å². The van der Waals surface area contributed by atoms with Crippen molar-refractivity contribution in [3.63, 3.8) is 0 Å². The van der Waals surface area contributed by atoms with Gasteiger partial charge in [0.1, 0.15) is 5.56 Å². The van der Waals surface area contributed by atoms with Crippen LogP contribution in [0.5, 0.6) is 0 Å². The van der Waals surface area contributed by atoms with Gasteiger partial charge in [0.2, 0.25) is 0 Å². The second kappa shape index (κ2) is 10.1. The van der Waals surface area contributed by atoms with E-state index in [4.69, 9.17) is 9.90 Å². The summed E-state index contributed by atoms with van der Waals surface area (Å²) in [5, 5.41) is 9.71. The van der Waals surface area contributed by atoms with Gasteiger partial charge in [-0.1, -0.05) is 24.3 Å². The lowest BCUT2D eigenvalue weighted by Gasteiger charge is -2.12. The fourth-order valence-corrected chi connectivity index (χ4v) is 2.38. The van der Waals surface area contributed by atoms with Crippen molar-refractivity contribution >= 4 is 12.4 Å². The molecule has 7 heteroatoms. The molecule has 0 atom stereocenters. The van der Waals surface area contributed by atoms with Gasteiger partial charge in [-0.3, -0.25) is 14.4 Å². The summed E-state index contributed by atoms with van der Waals surface area (Å²) in [6.07, 6.45) is 1.58. The number of carboxylic acid groups (broad SMARTS) is 1. The third-order valence-corrected chi connectivity index (χ3v) is 3.67. The number of aryl methyl sites for hydroxylation is 2. The minimum absolute atomic E-state index is 0.169. The molecule has 0 unspecified atom stereocenters. The van der Waals surface area contributed by atoms with Crippen LogP contribution in [0.25, 0.3) is 0 Å². The molecule has 0 spiro atoms. The number of hydrogen-bond acceptors (Lipinski definition) is 4. The molecule has 0 aliphatic carbocycles. The Hall–Kier alpha value is -2.93. The van der Waals surface area contributed by atoms with E-state index in [-0.39, 0.29) is 23.4 Å². The van der Waals surface area contributed by atoms with Crippen LogP contribution in [0.2, 0.25) is 0 Å². The molecule has 0 radical (unpaired) electrons. The molecular formula is C19H25N3O4. The van der Waals surface area contributed by atoms with Gasteiger partial charge in [0, 0.05) is 38.1 Å². The van der Waals surface area contributed by atoms with Crippen LogP contribution in [-0.4, -0.2) is 41.0 Å². The lowest BCUT2D eigenvalue weighted by molar-refractivity contribution is -0.122. The van der Waals surface area contributed by atoms with Crippen LogP contribution in [0, 0.1) is 6.92 Å². The zero-order valence-electron chi connectivity index (χ0n) is 15.5. The molecular weight excluding hydrogens is 334 g/mol. The Labute approximate surface area is 152 Å². The number of carbonyl (C=O) groups excluding carboxylic acids is 1. The van der Waals surface area contributed by atoms with E-state index in [1.807, 2.05) is 40.2 Å². The number of pyridine rings is 1. The first-order valence-electron chi connectivity index (χ1n) is 8.04. The summed E-state index contributed by atoms with van der Waals surface area (Å²) in [7, 11) is 5.85. The molecule has 0 aliphatic heterocycles. The molecule has 0 fully saturated rings. The highest BCUT2D eigenvalue weighted by Crippen LogP contribution is 2.07. The Morgan fingerprint density at radius 3 is 2.50 bits per heavy atom. The highest BCUT2D eigenvalue weighted by atomic mass is 16.3. The first-order chi connectivity index (χ1) is 12.3. The average molecular weight is 359 g/mol. The first-order valence-corrected chi connectivity index (χ1v) is 8.04. The minimum atomic E-state index is -0.344. The van der Waals surface area contributed by atoms with Gasteiger partial charge in [-0.2, -0.15) is 0 Å². The van der Waals surface area contributed by atoms with Gasteiger partial charge in [0.15, 0.2) is 5.43 Å². The number of carbonyl (C=O) groups is 2. The SMILES string of the molecule is Cc1cc(=O)c(C(=O)NCc2cccc(CN(C)C)c2)cn1C.O=CO. The van der Waals surface area contributed by atoms with Crippen molar-refractivity contribution < 1.29 is 14.7 Å². The van der Waals surface area contributed by atoms with E-state index in [0.29, 0.717) is 6.54 Å². The maximum absolute atomic E-state index is 12.2. The molecule has 2 N–H and O–H groups in total. The monoisotopic (exact) mass is 359 g/mol. The molecule has 1 amide bonds. The van der Waals surface area contributed by atoms with E-state index in [1.54, 1.807) is 10.8 Å². The van der Waals surface area contributed by atoms with Crippen molar-refractivity contribution in [2.45, 2.75) is 20.0 Å². The van der Waals surface area contributed by atoms with Crippen LogP contribution in [0.4, 0.5) is 0 Å². The highest BCUT2D eigenvalue weighted by molar-refractivity contribution is 5.93. The molecule has 1 heterocycles. The van der Waals surface area contributed by atoms with Crippen LogP contribution >= 0.6 is 0 Å². The van der Waals surface area contributed by atoms with E-state index in [1.165, 1.54) is 11.6 Å². The molecule has 2 rings (SSSR count). The summed E-state index contributed by atoms with van der Waals surface area (Å²) in [5.74, 6) is -0.344. The topological polar surface area (TPSA) is 91.6 Å². The molecule has 26 heavy (non-hydrogen) atoms. The number of amides is 1. The van der Waals surface area contributed by atoms with Crippen LogP contribution in [0.1, 0.15) is 27.2 Å². The summed E-state index contributed by atoms with van der Waals surface area (Å²) in [6, 6.07) is 9.54. The predicted octanol–water partition coefficient (Wildman–Crippen LogP) is 1.39. The highest BCUT2D eigenvalue weighted by Gasteiger charge is 2.11. The van der Waals surface area contributed by atoms with Crippen molar-refractivity contribution in [2.24, 2.45) is 7.05 Å². The fraction of sp³-hybridized carbons (Fsp3) is 0.316. The predicted molar refractivity (Wildman–Crippen MR) is 100 cm³/mol. The smallest absolute Gasteiger partial charge is 0.290 e. The van der Waals surface area contributed by atoms with Gasteiger partial charge in [-0.25, -0.2) is 0 Å². The van der Waals surface area contributed by atoms with Gasteiger partial charge in [-0.15, -0.1) is 0 Å². The summed E-state index contributed by atoms with van der Waals surface area (Å²) in [5.41, 5.74) is 2.94. The van der Waals surface area contributed by atoms with Crippen LogP contribution in [-0.2, 0) is 24.9 Å². The zero-order valence-corrected chi connectivity index (χ0v) is 15.5. The van der Waals surface area contributed by atoms with E-state index >= 15 is 0 Å². The van der Waals surface area contributed by atoms with Crippen LogP contribution < -0.4 is 10.7 Å². The quantitative estimate of drug-likeness (QED) is 0.787. The van der Waals surface area contributed by atoms with Crippen molar-refractivity contribution in [3.05, 3.63) is 69.1 Å². The van der Waals surface area contributed by atoms with Gasteiger partial charge in [0.05, 0.1) is 0 Å². The fourth-order valence-electron chi connectivity index (χ4n) is 2.38. The van der Waals surface area contributed by atoms with E-state index in [9.17, 15) is 9.59 Å². The van der Waals surface area contributed by atoms with E-state index < -0.39 is 0 Å². The number of aromatic nitrogens is 1. The maximum atomic E-state index is 12.2. The Morgan fingerprint density at radius 1 is 1.27 bits per heavy atom. The van der Waals surface area contributed by atoms with Gasteiger partial charge in [0.25, 0.3) is 12.4 Å². The molecule has 0 aliphatic rings. The summed E-state index contributed by atoms with van der Waals surface area (Å²) in [6.45, 7) is 2.83. The van der Waals surface area contributed by atoms with Crippen molar-refractivity contribution in [1.29, 1.82) is 0 Å². The molecule has 0 saturated heterocycles. The molecule has 1 aromatic carbocycles. The first kappa shape index (κ1) is 21.1. The summed E-state index contributed by atoms with van der Waals surface area (Å²) < 4.78 is 1.77. The van der Waals surface area contributed by atoms with E-state index in [0.717, 1.165) is 17.8 Å². The number of hydrogen-bond donors (Lipinski definition) is 2. The van der Waals surface area contributed by atoms with Gasteiger partial charge in [-0.05, 0) is 32.1 Å². The van der Waals surface area contributed by atoms with Gasteiger partial charge < -0.3 is 19.9 Å². The second-order valence-electron chi connectivity index (χ2n) is 6.15. The Kier molecular flexibility index (Phi) is 8.24. The van der Waals surface area contributed by atoms with E-state index in [2.05, 4.69) is 22.3 Å². The lowest BCUT2D eigenvalue weighted by atomic mass is 10.1. The van der Waals surface area contributed by atoms with Crippen molar-refractivity contribution in [3.8, 4) is 0 Å². The number of benzene rings is 1. The molecule has 0 saturated carbocycles. The number of rotatable bonds is 5. The average Bonchev–Trinajstić information content (AvgIpc) is 2.56. The summed E-state index contributed by atoms with van der Waals surface area (Å²) >= 11 is 0. The molecule has 7 nitrogen and oxygen atoms in total. The van der Waals surface area contributed by atoms with Crippen molar-refractivity contribution in [1.82, 2.24) is 14.8 Å². The molecule has 140 valence electrons. The Balaban J connectivity index is 0.00000105. The number of nitrogens with one attached hydrogen (secondary N) is 1. The lowest BCUT2D eigenvalue weighted by Crippen LogP contribution is -2.29. The Morgan fingerprint density at radius 2 is 1.88 bits per heavy atom. The third-order valence-electron chi connectivity index (χ3n) is 3.67. The Bertz CT molecular complexity index is 813.